The molecule has 2 N–H and O–H groups in total. The zero-order valence-electron chi connectivity index (χ0n) is 15.0. The van der Waals surface area contributed by atoms with E-state index in [9.17, 15) is 13.6 Å². The fourth-order valence-corrected chi connectivity index (χ4v) is 3.27. The van der Waals surface area contributed by atoms with E-state index in [-0.39, 0.29) is 18.4 Å². The van der Waals surface area contributed by atoms with Gasteiger partial charge in [0.05, 0.1) is 5.92 Å². The summed E-state index contributed by atoms with van der Waals surface area (Å²) < 4.78 is 28.7. The minimum Gasteiger partial charge on any atom is -0.481 e. The highest BCUT2D eigenvalue weighted by molar-refractivity contribution is 5.72. The van der Waals surface area contributed by atoms with Crippen molar-refractivity contribution in [2.75, 3.05) is 26.7 Å². The maximum absolute atomic E-state index is 14.5. The van der Waals surface area contributed by atoms with Crippen molar-refractivity contribution in [2.24, 2.45) is 5.92 Å². The maximum atomic E-state index is 14.5. The number of carboxylic acids is 1. The van der Waals surface area contributed by atoms with Gasteiger partial charge in [-0.05, 0) is 64.0 Å². The van der Waals surface area contributed by atoms with E-state index in [1.165, 1.54) is 6.07 Å². The molecular formula is C19H28F2N2O2. The van der Waals surface area contributed by atoms with Gasteiger partial charge < -0.3 is 10.4 Å². The van der Waals surface area contributed by atoms with Crippen LogP contribution in [0.2, 0.25) is 0 Å². The van der Waals surface area contributed by atoms with Crippen LogP contribution in [0.4, 0.5) is 8.78 Å². The first-order chi connectivity index (χ1) is 11.9. The van der Waals surface area contributed by atoms with Crippen LogP contribution < -0.4 is 5.32 Å². The molecule has 2 fully saturated rings. The Bertz CT molecular complexity index is 581. The van der Waals surface area contributed by atoms with Gasteiger partial charge >= 0.3 is 5.97 Å². The molecule has 0 aromatic heterocycles. The SMILES string of the molecule is CCNC.O=C(O)C1CC(F)(c2ccc(CN3CCCC3)c(F)c2)C1. The Kier molecular flexibility index (Phi) is 6.90. The van der Waals surface area contributed by atoms with Gasteiger partial charge in [0.15, 0.2) is 0 Å². The van der Waals surface area contributed by atoms with Crippen molar-refractivity contribution < 1.29 is 18.7 Å². The molecule has 6 heteroatoms. The van der Waals surface area contributed by atoms with Crippen molar-refractivity contribution in [1.82, 2.24) is 10.2 Å². The third kappa shape index (κ3) is 4.98. The van der Waals surface area contributed by atoms with E-state index in [1.54, 1.807) is 12.1 Å². The first kappa shape index (κ1) is 19.8. The highest BCUT2D eigenvalue weighted by Gasteiger charge is 2.49. The lowest BCUT2D eigenvalue weighted by atomic mass is 9.68. The van der Waals surface area contributed by atoms with E-state index >= 15 is 0 Å². The fourth-order valence-electron chi connectivity index (χ4n) is 3.27. The summed E-state index contributed by atoms with van der Waals surface area (Å²) in [5.41, 5.74) is -0.836. The third-order valence-electron chi connectivity index (χ3n) is 5.01. The minimum atomic E-state index is -1.68. The number of alkyl halides is 1. The van der Waals surface area contributed by atoms with Crippen LogP contribution in [0.15, 0.2) is 18.2 Å². The topological polar surface area (TPSA) is 52.6 Å². The number of carboxylic acid groups (broad SMARTS) is 1. The number of likely N-dealkylation sites (tertiary alicyclic amines) is 1. The van der Waals surface area contributed by atoms with Crippen LogP contribution in [0.1, 0.15) is 43.7 Å². The van der Waals surface area contributed by atoms with Crippen LogP contribution >= 0.6 is 0 Å². The summed E-state index contributed by atoms with van der Waals surface area (Å²) in [6.45, 7) is 5.66. The second-order valence-electron chi connectivity index (χ2n) is 6.91. The van der Waals surface area contributed by atoms with Gasteiger partial charge in [-0.25, -0.2) is 8.78 Å². The Balaban J connectivity index is 0.000000511. The van der Waals surface area contributed by atoms with E-state index in [0.29, 0.717) is 12.1 Å². The molecule has 3 rings (SSSR count). The molecule has 1 aliphatic heterocycles. The van der Waals surface area contributed by atoms with Crippen molar-refractivity contribution >= 4 is 5.97 Å². The van der Waals surface area contributed by atoms with Gasteiger partial charge in [-0.15, -0.1) is 0 Å². The van der Waals surface area contributed by atoms with Crippen LogP contribution in [0.25, 0.3) is 0 Å². The largest absolute Gasteiger partial charge is 0.481 e. The maximum Gasteiger partial charge on any atom is 0.306 e. The highest BCUT2D eigenvalue weighted by Crippen LogP contribution is 2.49. The standard InChI is InChI=1S/C16H19F2NO2.C3H9N/c17-14-7-13(16(18)8-12(9-16)15(20)21)4-3-11(14)10-19-5-1-2-6-19;1-3-4-2/h3-4,7,12H,1-2,5-6,8-10H2,(H,20,21);4H,3H2,1-2H3. The average Bonchev–Trinajstić information content (AvgIpc) is 3.07. The minimum absolute atomic E-state index is 0.0623. The van der Waals surface area contributed by atoms with E-state index in [1.807, 2.05) is 7.05 Å². The normalized spacial score (nSPS) is 25.8. The second kappa shape index (κ2) is 8.72. The molecule has 1 saturated heterocycles. The smallest absolute Gasteiger partial charge is 0.306 e. The molecule has 2 aliphatic rings. The van der Waals surface area contributed by atoms with Crippen molar-refractivity contribution in [1.29, 1.82) is 0 Å². The summed E-state index contributed by atoms with van der Waals surface area (Å²) in [4.78, 5) is 13.0. The zero-order chi connectivity index (χ0) is 18.4. The monoisotopic (exact) mass is 354 g/mol. The number of carbonyl (C=O) groups is 1. The van der Waals surface area contributed by atoms with Crippen LogP contribution in [0, 0.1) is 11.7 Å². The molecule has 1 heterocycles. The molecular weight excluding hydrogens is 326 g/mol. The Morgan fingerprint density at radius 1 is 1.36 bits per heavy atom. The van der Waals surface area contributed by atoms with Crippen LogP contribution in [-0.4, -0.2) is 42.7 Å². The van der Waals surface area contributed by atoms with Crippen molar-refractivity contribution in [3.63, 3.8) is 0 Å². The summed E-state index contributed by atoms with van der Waals surface area (Å²) in [7, 11) is 1.93. The number of nitrogens with zero attached hydrogens (tertiary/aromatic N) is 1. The van der Waals surface area contributed by atoms with E-state index < -0.39 is 23.4 Å². The Morgan fingerprint density at radius 2 is 1.96 bits per heavy atom. The van der Waals surface area contributed by atoms with Gasteiger partial charge in [-0.2, -0.15) is 0 Å². The average molecular weight is 354 g/mol. The highest BCUT2D eigenvalue weighted by atomic mass is 19.1. The van der Waals surface area contributed by atoms with Gasteiger partial charge in [-0.3, -0.25) is 9.69 Å². The lowest BCUT2D eigenvalue weighted by molar-refractivity contribution is -0.152. The number of rotatable bonds is 5. The second-order valence-corrected chi connectivity index (χ2v) is 6.91. The lowest BCUT2D eigenvalue weighted by Crippen LogP contribution is -2.41. The molecule has 1 aromatic carbocycles. The number of halogens is 2. The van der Waals surface area contributed by atoms with E-state index in [2.05, 4.69) is 17.1 Å². The number of nitrogens with one attached hydrogen (secondary N) is 1. The van der Waals surface area contributed by atoms with E-state index in [4.69, 9.17) is 5.11 Å². The third-order valence-corrected chi connectivity index (χ3v) is 5.01. The Morgan fingerprint density at radius 3 is 2.44 bits per heavy atom. The number of hydrogen-bond donors (Lipinski definition) is 2. The van der Waals surface area contributed by atoms with Crippen LogP contribution in [0.3, 0.4) is 0 Å². The van der Waals surface area contributed by atoms with Gasteiger partial charge in [-0.1, -0.05) is 19.1 Å². The fraction of sp³-hybridized carbons (Fsp3) is 0.632. The molecule has 0 amide bonds. The zero-order valence-corrected chi connectivity index (χ0v) is 15.0. The van der Waals surface area contributed by atoms with Gasteiger partial charge in [0.25, 0.3) is 0 Å². The molecule has 1 saturated carbocycles. The van der Waals surface area contributed by atoms with Crippen molar-refractivity contribution in [3.8, 4) is 0 Å². The summed E-state index contributed by atoms with van der Waals surface area (Å²) in [5.74, 6) is -2.02. The molecule has 0 radical (unpaired) electrons. The Hall–Kier alpha value is -1.53. The predicted octanol–water partition coefficient (Wildman–Crippen LogP) is 3.31. The molecule has 0 spiro atoms. The summed E-state index contributed by atoms with van der Waals surface area (Å²) in [5, 5.41) is 11.8. The molecule has 0 bridgehead atoms. The number of aliphatic carboxylic acids is 1. The Labute approximate surface area is 148 Å². The van der Waals surface area contributed by atoms with Gasteiger partial charge in [0.2, 0.25) is 0 Å². The van der Waals surface area contributed by atoms with Gasteiger partial charge in [0.1, 0.15) is 11.5 Å². The number of hydrogen-bond acceptors (Lipinski definition) is 3. The van der Waals surface area contributed by atoms with Crippen molar-refractivity contribution in [2.45, 2.75) is 44.8 Å². The van der Waals surface area contributed by atoms with Crippen molar-refractivity contribution in [3.05, 3.63) is 35.1 Å². The molecule has 0 atom stereocenters. The molecule has 1 aromatic rings. The molecule has 4 nitrogen and oxygen atoms in total. The summed E-state index contributed by atoms with van der Waals surface area (Å²) >= 11 is 0. The summed E-state index contributed by atoms with van der Waals surface area (Å²) in [6, 6.07) is 4.48. The molecule has 140 valence electrons. The molecule has 1 aliphatic carbocycles. The quantitative estimate of drug-likeness (QED) is 0.852. The summed E-state index contributed by atoms with van der Waals surface area (Å²) in [6.07, 6.45) is 2.16. The first-order valence-corrected chi connectivity index (χ1v) is 8.97. The molecule has 25 heavy (non-hydrogen) atoms. The van der Waals surface area contributed by atoms with Crippen LogP contribution in [0.5, 0.6) is 0 Å². The predicted molar refractivity (Wildman–Crippen MR) is 93.7 cm³/mol. The van der Waals surface area contributed by atoms with Gasteiger partial charge in [0, 0.05) is 12.1 Å². The first-order valence-electron chi connectivity index (χ1n) is 8.97. The van der Waals surface area contributed by atoms with Crippen LogP contribution in [-0.2, 0) is 17.0 Å². The lowest BCUT2D eigenvalue weighted by Gasteiger charge is -2.39. The van der Waals surface area contributed by atoms with E-state index in [0.717, 1.165) is 32.5 Å². The number of benzene rings is 1. The molecule has 0 unspecified atom stereocenters.